The normalized spacial score (nSPS) is 20.0. The summed E-state index contributed by atoms with van der Waals surface area (Å²) in [4.78, 5) is 33.9. The lowest BCUT2D eigenvalue weighted by Gasteiger charge is -2.12. The van der Waals surface area contributed by atoms with E-state index in [-0.39, 0.29) is 30.2 Å². The molecule has 1 aliphatic heterocycles. The van der Waals surface area contributed by atoms with Crippen molar-refractivity contribution in [1.29, 1.82) is 0 Å². The van der Waals surface area contributed by atoms with Crippen LogP contribution in [-0.4, -0.2) is 35.6 Å². The number of nitrogens with zero attached hydrogens (tertiary/aromatic N) is 1. The van der Waals surface area contributed by atoms with Gasteiger partial charge in [-0.2, -0.15) is 0 Å². The van der Waals surface area contributed by atoms with Gasteiger partial charge in [-0.05, 0) is 26.0 Å². The summed E-state index contributed by atoms with van der Waals surface area (Å²) < 4.78 is 10.6. The van der Waals surface area contributed by atoms with Gasteiger partial charge in [-0.15, -0.1) is 0 Å². The van der Waals surface area contributed by atoms with Crippen molar-refractivity contribution >= 4 is 23.3 Å². The fourth-order valence-electron chi connectivity index (χ4n) is 2.39. The second kappa shape index (κ2) is 7.87. The Bertz CT molecular complexity index is 613. The van der Waals surface area contributed by atoms with Gasteiger partial charge in [-0.3, -0.25) is 19.7 Å². The van der Waals surface area contributed by atoms with Crippen molar-refractivity contribution in [3.8, 4) is 0 Å². The standard InChI is InChI=1S/C16H20N2O6/c1-10(2)23-9-14-7-11(16(20)24-14)8-15(19)17-12-3-5-13(6-4-12)18(21)22/h3-6,10-11,14H,7-9H2,1-2H3,(H,17,19)/t11-,14-/m0/s1. The molecule has 24 heavy (non-hydrogen) atoms. The highest BCUT2D eigenvalue weighted by Gasteiger charge is 2.36. The second-order valence-corrected chi connectivity index (χ2v) is 5.93. The summed E-state index contributed by atoms with van der Waals surface area (Å²) in [6.45, 7) is 4.11. The maximum Gasteiger partial charge on any atom is 0.309 e. The highest BCUT2D eigenvalue weighted by molar-refractivity contribution is 5.93. The molecule has 1 fully saturated rings. The van der Waals surface area contributed by atoms with E-state index in [1.807, 2.05) is 13.8 Å². The zero-order valence-electron chi connectivity index (χ0n) is 13.6. The first-order valence-corrected chi connectivity index (χ1v) is 7.71. The number of anilines is 1. The number of carbonyl (C=O) groups excluding carboxylic acids is 2. The average molecular weight is 336 g/mol. The van der Waals surface area contributed by atoms with Gasteiger partial charge < -0.3 is 14.8 Å². The third-order valence-corrected chi connectivity index (χ3v) is 3.57. The molecule has 0 radical (unpaired) electrons. The molecule has 1 saturated heterocycles. The van der Waals surface area contributed by atoms with Crippen LogP contribution in [0.25, 0.3) is 0 Å². The third-order valence-electron chi connectivity index (χ3n) is 3.57. The second-order valence-electron chi connectivity index (χ2n) is 5.93. The minimum atomic E-state index is -0.514. The minimum Gasteiger partial charge on any atom is -0.460 e. The van der Waals surface area contributed by atoms with Crippen LogP contribution in [-0.2, 0) is 19.1 Å². The zero-order valence-corrected chi connectivity index (χ0v) is 13.6. The van der Waals surface area contributed by atoms with Crippen molar-refractivity contribution in [1.82, 2.24) is 0 Å². The molecule has 0 aliphatic carbocycles. The molecule has 0 bridgehead atoms. The molecule has 1 N–H and O–H groups in total. The number of rotatable bonds is 7. The Balaban J connectivity index is 1.83. The van der Waals surface area contributed by atoms with Crippen molar-refractivity contribution in [2.75, 3.05) is 11.9 Å². The number of ether oxygens (including phenoxy) is 2. The lowest BCUT2D eigenvalue weighted by molar-refractivity contribution is -0.384. The SMILES string of the molecule is CC(C)OC[C@@H]1C[C@@H](CC(=O)Nc2ccc([N+](=O)[O-])cc2)C(=O)O1. The molecule has 8 heteroatoms. The van der Waals surface area contributed by atoms with Crippen molar-refractivity contribution in [2.45, 2.75) is 38.9 Å². The monoisotopic (exact) mass is 336 g/mol. The van der Waals surface area contributed by atoms with Gasteiger partial charge in [-0.25, -0.2) is 0 Å². The quantitative estimate of drug-likeness (QED) is 0.465. The van der Waals surface area contributed by atoms with E-state index >= 15 is 0 Å². The maximum atomic E-state index is 12.0. The Kier molecular flexibility index (Phi) is 5.86. The molecule has 8 nitrogen and oxygen atoms in total. The first-order chi connectivity index (χ1) is 11.3. The number of carbonyl (C=O) groups is 2. The average Bonchev–Trinajstić information content (AvgIpc) is 2.85. The molecule has 1 aliphatic rings. The molecular formula is C16H20N2O6. The van der Waals surface area contributed by atoms with Crippen LogP contribution in [0.15, 0.2) is 24.3 Å². The number of nitrogens with one attached hydrogen (secondary N) is 1. The van der Waals surface area contributed by atoms with E-state index in [9.17, 15) is 19.7 Å². The molecule has 0 unspecified atom stereocenters. The molecule has 0 aromatic heterocycles. The van der Waals surface area contributed by atoms with Crippen LogP contribution in [0.3, 0.4) is 0 Å². The summed E-state index contributed by atoms with van der Waals surface area (Å²) in [7, 11) is 0. The highest BCUT2D eigenvalue weighted by Crippen LogP contribution is 2.25. The van der Waals surface area contributed by atoms with Gasteiger partial charge in [0, 0.05) is 30.7 Å². The van der Waals surface area contributed by atoms with Crippen LogP contribution in [0.5, 0.6) is 0 Å². The van der Waals surface area contributed by atoms with Crippen molar-refractivity contribution in [2.24, 2.45) is 5.92 Å². The predicted octanol–water partition coefficient (Wildman–Crippen LogP) is 2.28. The topological polar surface area (TPSA) is 108 Å². The zero-order chi connectivity index (χ0) is 17.7. The first-order valence-electron chi connectivity index (χ1n) is 7.71. The van der Waals surface area contributed by atoms with Gasteiger partial charge in [0.25, 0.3) is 5.69 Å². The first kappa shape index (κ1) is 17.9. The molecule has 0 spiro atoms. The molecule has 1 heterocycles. The molecule has 1 amide bonds. The Morgan fingerprint density at radius 2 is 2.08 bits per heavy atom. The molecule has 1 aromatic rings. The number of nitro benzene ring substituents is 1. The summed E-state index contributed by atoms with van der Waals surface area (Å²) in [5.74, 6) is -1.23. The van der Waals surface area contributed by atoms with Gasteiger partial charge in [0.05, 0.1) is 23.6 Å². The number of amides is 1. The number of nitro groups is 1. The molecule has 130 valence electrons. The lowest BCUT2D eigenvalue weighted by Crippen LogP contribution is -2.19. The van der Waals surface area contributed by atoms with Gasteiger partial charge >= 0.3 is 5.97 Å². The Morgan fingerprint density at radius 1 is 1.42 bits per heavy atom. The van der Waals surface area contributed by atoms with Crippen LogP contribution in [0.4, 0.5) is 11.4 Å². The highest BCUT2D eigenvalue weighted by atomic mass is 16.6. The number of hydrogen-bond donors (Lipinski definition) is 1. The Labute approximate surface area is 139 Å². The van der Waals surface area contributed by atoms with Gasteiger partial charge in [0.1, 0.15) is 6.10 Å². The summed E-state index contributed by atoms with van der Waals surface area (Å²) in [6, 6.07) is 5.50. The minimum absolute atomic E-state index is 0.00794. The molecule has 2 atom stereocenters. The molecule has 0 saturated carbocycles. The summed E-state index contributed by atoms with van der Waals surface area (Å²) in [5.41, 5.74) is 0.386. The van der Waals surface area contributed by atoms with E-state index < -0.39 is 16.8 Å². The van der Waals surface area contributed by atoms with Crippen molar-refractivity contribution in [3.63, 3.8) is 0 Å². The number of cyclic esters (lactones) is 1. The van der Waals surface area contributed by atoms with Gasteiger partial charge in [0.15, 0.2) is 0 Å². The van der Waals surface area contributed by atoms with Crippen LogP contribution in [0.1, 0.15) is 26.7 Å². The van der Waals surface area contributed by atoms with Gasteiger partial charge in [-0.1, -0.05) is 0 Å². The van der Waals surface area contributed by atoms with Crippen LogP contribution >= 0.6 is 0 Å². The van der Waals surface area contributed by atoms with E-state index in [1.165, 1.54) is 24.3 Å². The molecular weight excluding hydrogens is 316 g/mol. The van der Waals surface area contributed by atoms with E-state index in [0.29, 0.717) is 18.7 Å². The number of esters is 1. The van der Waals surface area contributed by atoms with E-state index in [0.717, 1.165) is 0 Å². The summed E-state index contributed by atoms with van der Waals surface area (Å²) in [6.07, 6.45) is 0.179. The van der Waals surface area contributed by atoms with Crippen molar-refractivity contribution < 1.29 is 24.0 Å². The number of hydrogen-bond acceptors (Lipinski definition) is 6. The van der Waals surface area contributed by atoms with Crippen molar-refractivity contribution in [3.05, 3.63) is 34.4 Å². The third kappa shape index (κ3) is 5.02. The van der Waals surface area contributed by atoms with Crippen LogP contribution in [0.2, 0.25) is 0 Å². The number of benzene rings is 1. The van der Waals surface area contributed by atoms with Crippen LogP contribution < -0.4 is 5.32 Å². The predicted molar refractivity (Wildman–Crippen MR) is 85.4 cm³/mol. The smallest absolute Gasteiger partial charge is 0.309 e. The summed E-state index contributed by atoms with van der Waals surface area (Å²) in [5, 5.41) is 13.2. The Hall–Kier alpha value is -2.48. The van der Waals surface area contributed by atoms with E-state index in [2.05, 4.69) is 5.32 Å². The summed E-state index contributed by atoms with van der Waals surface area (Å²) >= 11 is 0. The number of non-ortho nitro benzene ring substituents is 1. The fraction of sp³-hybridized carbons (Fsp3) is 0.500. The Morgan fingerprint density at radius 3 is 2.67 bits per heavy atom. The molecule has 1 aromatic carbocycles. The van der Waals surface area contributed by atoms with Crippen LogP contribution in [0, 0.1) is 16.0 Å². The van der Waals surface area contributed by atoms with E-state index in [1.54, 1.807) is 0 Å². The largest absolute Gasteiger partial charge is 0.460 e. The fourth-order valence-corrected chi connectivity index (χ4v) is 2.39. The van der Waals surface area contributed by atoms with E-state index in [4.69, 9.17) is 9.47 Å². The maximum absolute atomic E-state index is 12.0. The lowest BCUT2D eigenvalue weighted by atomic mass is 10.0. The molecule has 2 rings (SSSR count). The van der Waals surface area contributed by atoms with Gasteiger partial charge in [0.2, 0.25) is 5.91 Å².